The summed E-state index contributed by atoms with van der Waals surface area (Å²) in [6.07, 6.45) is 3.11. The molecule has 1 heterocycles. The van der Waals surface area contributed by atoms with Gasteiger partial charge in [-0.1, -0.05) is 18.2 Å². The number of rotatable bonds is 2. The van der Waals surface area contributed by atoms with Crippen molar-refractivity contribution >= 4 is 0 Å². The van der Waals surface area contributed by atoms with E-state index in [9.17, 15) is 5.26 Å². The zero-order valence-corrected chi connectivity index (χ0v) is 10.8. The number of benzene rings is 1. The lowest BCUT2D eigenvalue weighted by Gasteiger charge is -2.10. The summed E-state index contributed by atoms with van der Waals surface area (Å²) in [7, 11) is 0. The van der Waals surface area contributed by atoms with Crippen LogP contribution in [0.5, 0.6) is 11.6 Å². The van der Waals surface area contributed by atoms with Crippen molar-refractivity contribution in [2.24, 2.45) is 0 Å². The number of para-hydroxylation sites is 1. The monoisotopic (exact) mass is 250 g/mol. The second-order valence-electron chi connectivity index (χ2n) is 4.78. The van der Waals surface area contributed by atoms with Crippen LogP contribution in [0.1, 0.15) is 28.8 Å². The maximum absolute atomic E-state index is 9.23. The Hall–Kier alpha value is -2.34. The van der Waals surface area contributed by atoms with E-state index < -0.39 is 0 Å². The van der Waals surface area contributed by atoms with Crippen LogP contribution in [-0.4, -0.2) is 4.98 Å². The largest absolute Gasteiger partial charge is 0.437 e. The predicted molar refractivity (Wildman–Crippen MR) is 72.2 cm³/mol. The van der Waals surface area contributed by atoms with E-state index in [2.05, 4.69) is 11.1 Å². The van der Waals surface area contributed by atoms with Crippen molar-refractivity contribution in [3.05, 3.63) is 52.7 Å². The highest BCUT2D eigenvalue weighted by Crippen LogP contribution is 2.30. The minimum absolute atomic E-state index is 0.428. The molecule has 3 rings (SSSR count). The van der Waals surface area contributed by atoms with Crippen LogP contribution in [0.3, 0.4) is 0 Å². The lowest BCUT2D eigenvalue weighted by molar-refractivity contribution is 0.456. The summed E-state index contributed by atoms with van der Waals surface area (Å²) in [4.78, 5) is 4.52. The average molecular weight is 250 g/mol. The molecule has 0 aliphatic heterocycles. The van der Waals surface area contributed by atoms with Crippen LogP contribution >= 0.6 is 0 Å². The molecule has 1 aliphatic carbocycles. The number of pyridine rings is 1. The van der Waals surface area contributed by atoms with Gasteiger partial charge >= 0.3 is 0 Å². The van der Waals surface area contributed by atoms with E-state index in [1.807, 2.05) is 37.3 Å². The van der Waals surface area contributed by atoms with Gasteiger partial charge < -0.3 is 4.74 Å². The Morgan fingerprint density at radius 3 is 2.89 bits per heavy atom. The van der Waals surface area contributed by atoms with Gasteiger partial charge in [0.1, 0.15) is 17.4 Å². The third-order valence-electron chi connectivity index (χ3n) is 3.44. The van der Waals surface area contributed by atoms with Gasteiger partial charge in [0, 0.05) is 5.69 Å². The van der Waals surface area contributed by atoms with Gasteiger partial charge in [-0.15, -0.1) is 0 Å². The first-order valence-electron chi connectivity index (χ1n) is 6.44. The number of ether oxygens (including phenoxy) is 1. The fraction of sp³-hybridized carbons (Fsp3) is 0.250. The van der Waals surface area contributed by atoms with E-state index in [-0.39, 0.29) is 0 Å². The van der Waals surface area contributed by atoms with Crippen molar-refractivity contribution in [1.29, 1.82) is 5.26 Å². The highest BCUT2D eigenvalue weighted by Gasteiger charge is 2.17. The van der Waals surface area contributed by atoms with Gasteiger partial charge in [0.25, 0.3) is 0 Å². The third kappa shape index (κ3) is 2.17. The van der Waals surface area contributed by atoms with Gasteiger partial charge in [0.2, 0.25) is 5.88 Å². The molecule has 19 heavy (non-hydrogen) atoms. The molecule has 1 aromatic heterocycles. The molecule has 0 saturated heterocycles. The van der Waals surface area contributed by atoms with Gasteiger partial charge in [-0.2, -0.15) is 5.26 Å². The number of aryl methyl sites for hydroxylation is 3. The molecule has 94 valence electrons. The van der Waals surface area contributed by atoms with Crippen LogP contribution in [0, 0.1) is 18.3 Å². The topological polar surface area (TPSA) is 45.9 Å². The van der Waals surface area contributed by atoms with Gasteiger partial charge in [-0.05, 0) is 49.4 Å². The molecule has 0 fully saturated rings. The summed E-state index contributed by atoms with van der Waals surface area (Å²) in [5, 5.41) is 9.23. The van der Waals surface area contributed by atoms with Gasteiger partial charge in [0.05, 0.1) is 0 Å². The number of aromatic nitrogens is 1. The smallest absolute Gasteiger partial charge is 0.237 e. The molecule has 0 atom stereocenters. The Kier molecular flexibility index (Phi) is 2.92. The SMILES string of the molecule is Cc1ccccc1Oc1nc2c(cc1C#N)CCC2. The molecule has 3 heteroatoms. The van der Waals surface area contributed by atoms with Gasteiger partial charge in [-0.3, -0.25) is 0 Å². The van der Waals surface area contributed by atoms with E-state index in [4.69, 9.17) is 4.74 Å². The molecule has 0 spiro atoms. The summed E-state index contributed by atoms with van der Waals surface area (Å²) >= 11 is 0. The molecule has 0 N–H and O–H groups in total. The molecule has 2 aromatic rings. The Labute approximate surface area is 112 Å². The highest BCUT2D eigenvalue weighted by atomic mass is 16.5. The van der Waals surface area contributed by atoms with Gasteiger partial charge in [-0.25, -0.2) is 4.98 Å². The maximum Gasteiger partial charge on any atom is 0.237 e. The Morgan fingerprint density at radius 2 is 2.11 bits per heavy atom. The van der Waals surface area contributed by atoms with E-state index in [0.717, 1.165) is 36.3 Å². The van der Waals surface area contributed by atoms with E-state index >= 15 is 0 Å². The fourth-order valence-electron chi connectivity index (χ4n) is 2.39. The van der Waals surface area contributed by atoms with Crippen LogP contribution in [0.15, 0.2) is 30.3 Å². The first-order chi connectivity index (χ1) is 9.28. The number of nitriles is 1. The van der Waals surface area contributed by atoms with Crippen LogP contribution in [0.2, 0.25) is 0 Å². The zero-order chi connectivity index (χ0) is 13.2. The number of nitrogens with zero attached hydrogens (tertiary/aromatic N) is 2. The number of hydrogen-bond donors (Lipinski definition) is 0. The molecular weight excluding hydrogens is 236 g/mol. The van der Waals surface area contributed by atoms with Gasteiger partial charge in [0.15, 0.2) is 0 Å². The van der Waals surface area contributed by atoms with Crippen LogP contribution in [0.4, 0.5) is 0 Å². The first kappa shape index (κ1) is 11.7. The number of hydrogen-bond acceptors (Lipinski definition) is 3. The molecule has 0 radical (unpaired) electrons. The first-order valence-corrected chi connectivity index (χ1v) is 6.44. The molecule has 0 bridgehead atoms. The van der Waals surface area contributed by atoms with Crippen molar-refractivity contribution in [2.45, 2.75) is 26.2 Å². The van der Waals surface area contributed by atoms with Crippen molar-refractivity contribution < 1.29 is 4.74 Å². The third-order valence-corrected chi connectivity index (χ3v) is 3.44. The highest BCUT2D eigenvalue weighted by molar-refractivity contribution is 5.46. The summed E-state index contributed by atoms with van der Waals surface area (Å²) in [6, 6.07) is 11.9. The Morgan fingerprint density at radius 1 is 1.26 bits per heavy atom. The molecule has 1 aromatic carbocycles. The summed E-state index contributed by atoms with van der Waals surface area (Å²) in [5.41, 5.74) is 3.81. The van der Waals surface area contributed by atoms with Crippen molar-refractivity contribution in [3.8, 4) is 17.7 Å². The van der Waals surface area contributed by atoms with Crippen LogP contribution < -0.4 is 4.74 Å². The predicted octanol–water partition coefficient (Wildman–Crippen LogP) is 3.54. The fourth-order valence-corrected chi connectivity index (χ4v) is 2.39. The average Bonchev–Trinajstić information content (AvgIpc) is 2.87. The number of fused-ring (bicyclic) bond motifs is 1. The molecular formula is C16H14N2O. The molecule has 0 amide bonds. The normalized spacial score (nSPS) is 12.8. The molecule has 0 unspecified atom stereocenters. The van der Waals surface area contributed by atoms with E-state index in [0.29, 0.717) is 11.4 Å². The lowest BCUT2D eigenvalue weighted by Crippen LogP contribution is -1.98. The minimum Gasteiger partial charge on any atom is -0.437 e. The second kappa shape index (κ2) is 4.74. The van der Waals surface area contributed by atoms with E-state index in [1.54, 1.807) is 0 Å². The summed E-state index contributed by atoms with van der Waals surface area (Å²) in [5.74, 6) is 1.18. The van der Waals surface area contributed by atoms with Crippen molar-refractivity contribution in [2.75, 3.05) is 0 Å². The van der Waals surface area contributed by atoms with Crippen molar-refractivity contribution in [1.82, 2.24) is 4.98 Å². The second-order valence-corrected chi connectivity index (χ2v) is 4.78. The van der Waals surface area contributed by atoms with E-state index in [1.165, 1.54) is 5.56 Å². The quantitative estimate of drug-likeness (QED) is 0.818. The minimum atomic E-state index is 0.428. The maximum atomic E-state index is 9.23. The molecule has 1 aliphatic rings. The van der Waals surface area contributed by atoms with Crippen LogP contribution in [0.25, 0.3) is 0 Å². The molecule has 3 nitrogen and oxygen atoms in total. The van der Waals surface area contributed by atoms with Crippen LogP contribution in [-0.2, 0) is 12.8 Å². The lowest BCUT2D eigenvalue weighted by atomic mass is 10.1. The summed E-state index contributed by atoms with van der Waals surface area (Å²) < 4.78 is 5.82. The Balaban J connectivity index is 2.02. The summed E-state index contributed by atoms with van der Waals surface area (Å²) in [6.45, 7) is 1.98. The molecule has 0 saturated carbocycles. The van der Waals surface area contributed by atoms with Crippen molar-refractivity contribution in [3.63, 3.8) is 0 Å². The standard InChI is InChI=1S/C16H14N2O/c1-11-5-2-3-8-15(11)19-16-13(10-17)9-12-6-4-7-14(12)18-16/h2-3,5,8-9H,4,6-7H2,1H3. The Bertz CT molecular complexity index is 671. The zero-order valence-electron chi connectivity index (χ0n) is 10.8.